The van der Waals surface area contributed by atoms with Gasteiger partial charge in [0.15, 0.2) is 0 Å². The second-order valence-electron chi connectivity index (χ2n) is 8.46. The molecule has 6 heteroatoms. The van der Waals surface area contributed by atoms with E-state index in [0.29, 0.717) is 11.3 Å². The van der Waals surface area contributed by atoms with Gasteiger partial charge < -0.3 is 9.47 Å². The van der Waals surface area contributed by atoms with Crippen molar-refractivity contribution in [1.82, 2.24) is 4.72 Å². The molecule has 0 aromatic heterocycles. The Morgan fingerprint density at radius 2 is 1.20 bits per heavy atom. The third-order valence-electron chi connectivity index (χ3n) is 5.48. The number of benzene rings is 2. The van der Waals surface area contributed by atoms with E-state index in [1.165, 1.54) is 0 Å². The zero-order valence-corrected chi connectivity index (χ0v) is 20.4. The Labute approximate surface area is 181 Å². The van der Waals surface area contributed by atoms with Crippen LogP contribution in [0.2, 0.25) is 0 Å². The van der Waals surface area contributed by atoms with Gasteiger partial charge in [0.05, 0.1) is 19.1 Å². The van der Waals surface area contributed by atoms with Crippen molar-refractivity contribution in [3.8, 4) is 11.5 Å². The molecule has 30 heavy (non-hydrogen) atoms. The number of methoxy groups -OCH3 is 2. The number of hydrogen-bond acceptors (Lipinski definition) is 4. The van der Waals surface area contributed by atoms with Crippen molar-refractivity contribution in [1.29, 1.82) is 0 Å². The largest absolute Gasteiger partial charge is 0.496 e. The highest BCUT2D eigenvalue weighted by Crippen LogP contribution is 2.34. The average Bonchev–Trinajstić information content (AvgIpc) is 2.65. The van der Waals surface area contributed by atoms with E-state index in [2.05, 4.69) is 18.6 Å². The number of hydrogen-bond donors (Lipinski definition) is 1. The van der Waals surface area contributed by atoms with Gasteiger partial charge in [-0.3, -0.25) is 0 Å². The van der Waals surface area contributed by atoms with Gasteiger partial charge in [0.2, 0.25) is 10.0 Å². The maximum absolute atomic E-state index is 13.3. The molecule has 2 rings (SSSR count). The zero-order valence-electron chi connectivity index (χ0n) is 19.6. The van der Waals surface area contributed by atoms with Gasteiger partial charge in [-0.1, -0.05) is 27.7 Å². The van der Waals surface area contributed by atoms with Gasteiger partial charge >= 0.3 is 0 Å². The summed E-state index contributed by atoms with van der Waals surface area (Å²) in [7, 11) is -0.459. The molecule has 0 fully saturated rings. The summed E-state index contributed by atoms with van der Waals surface area (Å²) < 4.78 is 40.4. The molecule has 0 amide bonds. The van der Waals surface area contributed by atoms with Crippen LogP contribution in [-0.2, 0) is 10.0 Å². The first-order valence-electron chi connectivity index (χ1n) is 10.3. The third-order valence-corrected chi connectivity index (χ3v) is 7.16. The lowest BCUT2D eigenvalue weighted by molar-refractivity contribution is 0.406. The molecule has 1 atom stereocenters. The zero-order chi connectivity index (χ0) is 22.8. The first-order valence-corrected chi connectivity index (χ1v) is 11.8. The molecule has 2 aromatic rings. The van der Waals surface area contributed by atoms with Gasteiger partial charge in [-0.15, -0.1) is 0 Å². The number of sulfonamides is 1. The molecule has 0 aliphatic heterocycles. The van der Waals surface area contributed by atoms with Gasteiger partial charge in [0, 0.05) is 6.04 Å². The molecule has 166 valence electrons. The summed E-state index contributed by atoms with van der Waals surface area (Å²) in [5.41, 5.74) is 4.52. The predicted octanol–water partition coefficient (Wildman–Crippen LogP) is 5.61. The first-order chi connectivity index (χ1) is 13.9. The Bertz CT molecular complexity index is 1010. The molecule has 0 spiro atoms. The van der Waals surface area contributed by atoms with E-state index in [4.69, 9.17) is 9.47 Å². The number of rotatable bonds is 8. The van der Waals surface area contributed by atoms with Crippen LogP contribution in [0.5, 0.6) is 11.5 Å². The summed E-state index contributed by atoms with van der Waals surface area (Å²) in [6, 6.07) is 7.16. The van der Waals surface area contributed by atoms with E-state index in [1.54, 1.807) is 33.3 Å². The van der Waals surface area contributed by atoms with Gasteiger partial charge in [-0.05, 0) is 84.7 Å². The van der Waals surface area contributed by atoms with Crippen LogP contribution in [-0.4, -0.2) is 22.6 Å². The van der Waals surface area contributed by atoms with Crippen LogP contribution >= 0.6 is 0 Å². The minimum Gasteiger partial charge on any atom is -0.496 e. The molecule has 1 unspecified atom stereocenters. The lowest BCUT2D eigenvalue weighted by Crippen LogP contribution is -2.28. The van der Waals surface area contributed by atoms with E-state index in [-0.39, 0.29) is 22.8 Å². The highest BCUT2D eigenvalue weighted by atomic mass is 32.2. The predicted molar refractivity (Wildman–Crippen MR) is 122 cm³/mol. The van der Waals surface area contributed by atoms with Crippen LogP contribution in [0.4, 0.5) is 0 Å². The SMILES string of the molecule is COc1cc(C)c(C(C)NS(=O)(=O)c2cc(C(C)C)c(OC)cc2C)cc1C(C)C. The van der Waals surface area contributed by atoms with Crippen molar-refractivity contribution in [2.24, 2.45) is 0 Å². The molecule has 0 aliphatic carbocycles. The lowest BCUT2D eigenvalue weighted by Gasteiger charge is -2.22. The Balaban J connectivity index is 2.48. The van der Waals surface area contributed by atoms with E-state index in [0.717, 1.165) is 28.0 Å². The topological polar surface area (TPSA) is 64.6 Å². The molecule has 2 aromatic carbocycles. The van der Waals surface area contributed by atoms with Crippen LogP contribution in [0.1, 0.15) is 80.3 Å². The maximum atomic E-state index is 13.3. The Morgan fingerprint density at radius 1 is 0.733 bits per heavy atom. The summed E-state index contributed by atoms with van der Waals surface area (Å²) in [5, 5.41) is 0. The minimum atomic E-state index is -3.72. The molecule has 0 saturated carbocycles. The average molecular weight is 434 g/mol. The molecule has 0 bridgehead atoms. The fourth-order valence-electron chi connectivity index (χ4n) is 3.76. The fraction of sp³-hybridized carbons (Fsp3) is 0.500. The molecule has 5 nitrogen and oxygen atoms in total. The summed E-state index contributed by atoms with van der Waals surface area (Å²) in [6.07, 6.45) is 0. The quantitative estimate of drug-likeness (QED) is 0.588. The number of ether oxygens (including phenoxy) is 2. The van der Waals surface area contributed by atoms with Crippen molar-refractivity contribution in [3.63, 3.8) is 0 Å². The van der Waals surface area contributed by atoms with Crippen molar-refractivity contribution in [2.45, 2.75) is 71.2 Å². The van der Waals surface area contributed by atoms with E-state index in [1.807, 2.05) is 39.8 Å². The summed E-state index contributed by atoms with van der Waals surface area (Å²) in [6.45, 7) is 13.9. The molecule has 0 aliphatic rings. The maximum Gasteiger partial charge on any atom is 0.241 e. The number of nitrogens with one attached hydrogen (secondary N) is 1. The van der Waals surface area contributed by atoms with Crippen LogP contribution in [0.15, 0.2) is 29.2 Å². The second kappa shape index (κ2) is 9.40. The molecule has 1 N–H and O–H groups in total. The second-order valence-corrected chi connectivity index (χ2v) is 10.1. The first kappa shape index (κ1) is 24.2. The van der Waals surface area contributed by atoms with E-state index in [9.17, 15) is 8.42 Å². The molecular formula is C24H35NO4S. The summed E-state index contributed by atoms with van der Waals surface area (Å²) >= 11 is 0. The monoisotopic (exact) mass is 433 g/mol. The van der Waals surface area contributed by atoms with Crippen molar-refractivity contribution in [2.75, 3.05) is 14.2 Å². The molecule has 0 heterocycles. The standard InChI is InChI=1S/C24H35NO4S/c1-14(2)19-12-21(16(5)10-22(19)28-8)18(7)25-30(26,27)24-13-20(15(3)4)23(29-9)11-17(24)6/h10-15,18,25H,1-9H3. The van der Waals surface area contributed by atoms with Crippen LogP contribution in [0.25, 0.3) is 0 Å². The molecular weight excluding hydrogens is 398 g/mol. The van der Waals surface area contributed by atoms with Crippen LogP contribution < -0.4 is 14.2 Å². The van der Waals surface area contributed by atoms with Crippen LogP contribution in [0, 0.1) is 13.8 Å². The van der Waals surface area contributed by atoms with Crippen LogP contribution in [0.3, 0.4) is 0 Å². The minimum absolute atomic E-state index is 0.143. The summed E-state index contributed by atoms with van der Waals surface area (Å²) in [4.78, 5) is 0.286. The van der Waals surface area contributed by atoms with Crippen molar-refractivity contribution < 1.29 is 17.9 Å². The van der Waals surface area contributed by atoms with Crippen molar-refractivity contribution in [3.05, 3.63) is 52.1 Å². The van der Waals surface area contributed by atoms with E-state index >= 15 is 0 Å². The third kappa shape index (κ3) is 4.98. The molecule has 0 radical (unpaired) electrons. The lowest BCUT2D eigenvalue weighted by atomic mass is 9.94. The smallest absolute Gasteiger partial charge is 0.241 e. The normalized spacial score (nSPS) is 13.0. The van der Waals surface area contributed by atoms with E-state index < -0.39 is 10.0 Å². The van der Waals surface area contributed by atoms with Gasteiger partial charge in [-0.2, -0.15) is 0 Å². The van der Waals surface area contributed by atoms with Gasteiger partial charge in [0.1, 0.15) is 11.5 Å². The number of aryl methyl sites for hydroxylation is 2. The Kier molecular flexibility index (Phi) is 7.59. The Hall–Kier alpha value is -2.05. The highest BCUT2D eigenvalue weighted by molar-refractivity contribution is 7.89. The highest BCUT2D eigenvalue weighted by Gasteiger charge is 2.25. The summed E-state index contributed by atoms with van der Waals surface area (Å²) in [5.74, 6) is 1.95. The van der Waals surface area contributed by atoms with Gasteiger partial charge in [0.25, 0.3) is 0 Å². The van der Waals surface area contributed by atoms with Crippen molar-refractivity contribution >= 4 is 10.0 Å². The molecule has 0 saturated heterocycles. The fourth-order valence-corrected chi connectivity index (χ4v) is 5.25. The Morgan fingerprint density at radius 3 is 1.67 bits per heavy atom. The van der Waals surface area contributed by atoms with Gasteiger partial charge in [-0.25, -0.2) is 13.1 Å².